The number of rotatable bonds is 5. The molecule has 0 aliphatic carbocycles. The van der Waals surface area contributed by atoms with Crippen LogP contribution >= 0.6 is 7.92 Å². The third kappa shape index (κ3) is 5.75. The van der Waals surface area contributed by atoms with E-state index in [4.69, 9.17) is 5.73 Å². The van der Waals surface area contributed by atoms with Crippen LogP contribution in [0.25, 0.3) is 21.9 Å². The van der Waals surface area contributed by atoms with Crippen LogP contribution in [-0.2, 0) is 6.54 Å². The van der Waals surface area contributed by atoms with Crippen LogP contribution in [0.3, 0.4) is 0 Å². The van der Waals surface area contributed by atoms with Crippen molar-refractivity contribution in [2.75, 3.05) is 5.73 Å². The second-order valence-corrected chi connectivity index (χ2v) is 12.0. The van der Waals surface area contributed by atoms with E-state index in [1.165, 1.54) is 15.9 Å². The molecule has 0 saturated carbocycles. The van der Waals surface area contributed by atoms with Crippen LogP contribution in [0.1, 0.15) is 13.8 Å². The fourth-order valence-corrected chi connectivity index (χ4v) is 6.83. The maximum atomic E-state index is 9.99. The van der Waals surface area contributed by atoms with Crippen LogP contribution in [0, 0.1) is 0 Å². The van der Waals surface area contributed by atoms with Gasteiger partial charge in [-0.25, -0.2) is 9.97 Å². The summed E-state index contributed by atoms with van der Waals surface area (Å²) in [5, 5.41) is 15.2. The van der Waals surface area contributed by atoms with Gasteiger partial charge in [-0.15, -0.1) is 0 Å². The summed E-state index contributed by atoms with van der Waals surface area (Å²) in [6, 6.07) is 40.1. The minimum Gasteiger partial charge on any atom is -0.389 e. The summed E-state index contributed by atoms with van der Waals surface area (Å²) in [6.07, 6.45) is 1.70. The maximum absolute atomic E-state index is 9.99. The highest BCUT2D eigenvalue weighted by Crippen LogP contribution is 2.32. The number of nitrogens with two attached hydrogens (primary N) is 1. The Labute approximate surface area is 224 Å². The summed E-state index contributed by atoms with van der Waals surface area (Å²) in [4.78, 5) is 8.67. The molecular weight excluding hydrogens is 487 g/mol. The molecule has 0 atom stereocenters. The first-order chi connectivity index (χ1) is 18.4. The summed E-state index contributed by atoms with van der Waals surface area (Å²) in [7, 11) is -0.446. The smallest absolute Gasteiger partial charge is 0.152 e. The van der Waals surface area contributed by atoms with Crippen molar-refractivity contribution in [1.29, 1.82) is 0 Å². The number of aliphatic hydroxyl groups is 1. The molecule has 0 spiro atoms. The monoisotopic (exact) mass is 518 g/mol. The van der Waals surface area contributed by atoms with Gasteiger partial charge in [0.1, 0.15) is 5.52 Å². The predicted octanol–water partition coefficient (Wildman–Crippen LogP) is 5.38. The van der Waals surface area contributed by atoms with Crippen molar-refractivity contribution >= 4 is 51.6 Å². The van der Waals surface area contributed by atoms with Crippen molar-refractivity contribution in [3.8, 4) is 0 Å². The highest BCUT2D eigenvalue weighted by molar-refractivity contribution is 7.79. The van der Waals surface area contributed by atoms with Gasteiger partial charge in [0.05, 0.1) is 29.5 Å². The maximum Gasteiger partial charge on any atom is 0.152 e. The molecule has 2 heterocycles. The number of benzene rings is 4. The molecule has 0 fully saturated rings. The number of nitrogen functional groups attached to an aromatic ring is 1. The molecule has 5 nitrogen and oxygen atoms in total. The molecule has 0 radical (unpaired) electrons. The minimum atomic E-state index is -0.813. The van der Waals surface area contributed by atoms with Crippen LogP contribution < -0.4 is 21.6 Å². The second kappa shape index (κ2) is 11.1. The van der Waals surface area contributed by atoms with Crippen LogP contribution in [0.15, 0.2) is 122 Å². The van der Waals surface area contributed by atoms with Gasteiger partial charge in [-0.2, -0.15) is 0 Å². The Morgan fingerprint density at radius 2 is 1.21 bits per heavy atom. The van der Waals surface area contributed by atoms with Crippen LogP contribution in [0.4, 0.5) is 5.82 Å². The van der Waals surface area contributed by atoms with Gasteiger partial charge in [-0.3, -0.25) is 0 Å². The van der Waals surface area contributed by atoms with E-state index in [0.29, 0.717) is 17.9 Å². The first-order valence-corrected chi connectivity index (χ1v) is 13.9. The number of fused-ring (bicyclic) bond motifs is 3. The Kier molecular flexibility index (Phi) is 7.50. The van der Waals surface area contributed by atoms with Crippen molar-refractivity contribution in [3.05, 3.63) is 122 Å². The quantitative estimate of drug-likeness (QED) is 0.301. The first-order valence-electron chi connectivity index (χ1n) is 12.6. The molecule has 38 heavy (non-hydrogen) atoms. The molecular formula is C32H31N4OP. The van der Waals surface area contributed by atoms with E-state index in [1.807, 2.05) is 28.8 Å². The Hall–Kier alpha value is -4.05. The fourth-order valence-electron chi connectivity index (χ4n) is 4.52. The lowest BCUT2D eigenvalue weighted by Gasteiger charge is -2.18. The van der Waals surface area contributed by atoms with Gasteiger partial charge < -0.3 is 15.4 Å². The van der Waals surface area contributed by atoms with Gasteiger partial charge in [0.25, 0.3) is 0 Å². The van der Waals surface area contributed by atoms with E-state index in [9.17, 15) is 5.11 Å². The van der Waals surface area contributed by atoms with Crippen LogP contribution in [0.2, 0.25) is 0 Å². The van der Waals surface area contributed by atoms with Crippen molar-refractivity contribution in [3.63, 3.8) is 0 Å². The molecule has 2 aromatic heterocycles. The average molecular weight is 519 g/mol. The van der Waals surface area contributed by atoms with Crippen molar-refractivity contribution in [1.82, 2.24) is 14.5 Å². The molecule has 0 bridgehead atoms. The normalized spacial score (nSPS) is 11.5. The number of para-hydroxylation sites is 1. The summed E-state index contributed by atoms with van der Waals surface area (Å²) in [5.41, 5.74) is 7.58. The zero-order valence-electron chi connectivity index (χ0n) is 21.6. The third-order valence-electron chi connectivity index (χ3n) is 6.08. The van der Waals surface area contributed by atoms with E-state index in [0.717, 1.165) is 16.4 Å². The molecule has 0 aliphatic heterocycles. The molecule has 0 unspecified atom stereocenters. The number of hydrogen-bond donors (Lipinski definition) is 2. The number of hydrogen-bond acceptors (Lipinski definition) is 4. The Bertz CT molecular complexity index is 1530. The van der Waals surface area contributed by atoms with Crippen molar-refractivity contribution < 1.29 is 5.11 Å². The van der Waals surface area contributed by atoms with Gasteiger partial charge in [0, 0.05) is 5.39 Å². The van der Waals surface area contributed by atoms with Crippen LogP contribution in [0.5, 0.6) is 0 Å². The number of anilines is 1. The molecule has 6 heteroatoms. The Morgan fingerprint density at radius 3 is 1.71 bits per heavy atom. The van der Waals surface area contributed by atoms with Gasteiger partial charge in [-0.05, 0) is 43.7 Å². The molecule has 0 saturated heterocycles. The second-order valence-electron chi connectivity index (χ2n) is 9.74. The van der Waals surface area contributed by atoms with Crippen molar-refractivity contribution in [2.45, 2.75) is 26.0 Å². The van der Waals surface area contributed by atoms with E-state index in [-0.39, 0.29) is 0 Å². The highest BCUT2D eigenvalue weighted by Gasteiger charge is 2.18. The lowest BCUT2D eigenvalue weighted by Crippen LogP contribution is -2.25. The zero-order chi connectivity index (χ0) is 26.5. The minimum absolute atomic E-state index is 0.420. The first kappa shape index (κ1) is 25.6. The highest BCUT2D eigenvalue weighted by atomic mass is 31.1. The summed E-state index contributed by atoms with van der Waals surface area (Å²) in [6.45, 7) is 3.99. The lowest BCUT2D eigenvalue weighted by molar-refractivity contribution is 0.0627. The molecule has 6 aromatic rings. The number of nitrogens with zero attached hydrogens (tertiary/aromatic N) is 3. The van der Waals surface area contributed by atoms with E-state index < -0.39 is 13.5 Å². The molecule has 0 aliphatic rings. The van der Waals surface area contributed by atoms with E-state index in [1.54, 1.807) is 20.2 Å². The molecule has 4 aromatic carbocycles. The number of imidazole rings is 1. The SMILES string of the molecule is CC(C)(O)Cn1cnc2c(N)nc3ccccc3c21.c1ccc(P(c2ccccc2)c2ccccc2)cc1. The molecule has 6 rings (SSSR count). The van der Waals surface area contributed by atoms with E-state index >= 15 is 0 Å². The van der Waals surface area contributed by atoms with Gasteiger partial charge in [-0.1, -0.05) is 109 Å². The number of pyridine rings is 1. The summed E-state index contributed by atoms with van der Waals surface area (Å²) < 4.78 is 1.93. The van der Waals surface area contributed by atoms with Gasteiger partial charge in [0.2, 0.25) is 0 Å². The standard InChI is InChI=1S/C18H15P.C14H16N4O/c1-4-10-16(11-5-1)19(17-12-6-2-7-13-17)18-14-8-3-9-15-18;1-14(2,19)7-18-8-16-11-12(18)9-5-3-4-6-10(9)17-13(11)15/h1-15H;3-6,8,19H,7H2,1-2H3,(H2,15,17). The number of aromatic nitrogens is 3. The molecule has 190 valence electrons. The molecule has 0 amide bonds. The van der Waals surface area contributed by atoms with Crippen LogP contribution in [-0.4, -0.2) is 25.2 Å². The van der Waals surface area contributed by atoms with E-state index in [2.05, 4.69) is 101 Å². The lowest BCUT2D eigenvalue weighted by atomic mass is 10.1. The zero-order valence-corrected chi connectivity index (χ0v) is 22.5. The Morgan fingerprint density at radius 1 is 0.737 bits per heavy atom. The van der Waals surface area contributed by atoms with Crippen molar-refractivity contribution in [2.24, 2.45) is 0 Å². The predicted molar refractivity (Wildman–Crippen MR) is 161 cm³/mol. The summed E-state index contributed by atoms with van der Waals surface area (Å²) >= 11 is 0. The molecule has 3 N–H and O–H groups in total. The van der Waals surface area contributed by atoms with Gasteiger partial charge >= 0.3 is 0 Å². The summed E-state index contributed by atoms with van der Waals surface area (Å²) in [5.74, 6) is 0.420. The topological polar surface area (TPSA) is 77.0 Å². The third-order valence-corrected chi connectivity index (χ3v) is 8.52. The average Bonchev–Trinajstić information content (AvgIpc) is 3.34. The Balaban J connectivity index is 0.000000155. The largest absolute Gasteiger partial charge is 0.389 e. The fraction of sp³-hybridized carbons (Fsp3) is 0.125. The van der Waals surface area contributed by atoms with Gasteiger partial charge in [0.15, 0.2) is 5.82 Å².